The van der Waals surface area contributed by atoms with Gasteiger partial charge in [-0.2, -0.15) is 0 Å². The molecule has 27 heavy (non-hydrogen) atoms. The van der Waals surface area contributed by atoms with Crippen LogP contribution in [0, 0.1) is 12.7 Å². The van der Waals surface area contributed by atoms with Gasteiger partial charge in [-0.15, -0.1) is 0 Å². The molecule has 0 saturated carbocycles. The van der Waals surface area contributed by atoms with Crippen molar-refractivity contribution >= 4 is 11.7 Å². The number of amides is 1. The van der Waals surface area contributed by atoms with Crippen molar-refractivity contribution < 1.29 is 14.0 Å². The number of hydrogen-bond donors (Lipinski definition) is 0. The number of nitrogens with zero attached hydrogens (tertiary/aromatic N) is 2. The lowest BCUT2D eigenvalue weighted by atomic mass is 10.1. The number of benzene rings is 2. The smallest absolute Gasteiger partial charge is 0.222 e. The Bertz CT molecular complexity index is 779. The van der Waals surface area contributed by atoms with E-state index in [0.717, 1.165) is 6.42 Å². The van der Waals surface area contributed by atoms with Crippen LogP contribution < -0.4 is 0 Å². The number of ketones is 1. The Morgan fingerprint density at radius 2 is 1.56 bits per heavy atom. The summed E-state index contributed by atoms with van der Waals surface area (Å²) in [5.41, 5.74) is 2.92. The van der Waals surface area contributed by atoms with Crippen molar-refractivity contribution in [2.24, 2.45) is 0 Å². The van der Waals surface area contributed by atoms with Crippen LogP contribution in [0.15, 0.2) is 48.5 Å². The number of carbonyl (C=O) groups is 2. The van der Waals surface area contributed by atoms with Crippen molar-refractivity contribution in [1.29, 1.82) is 0 Å². The monoisotopic (exact) mass is 368 g/mol. The third-order valence-corrected chi connectivity index (χ3v) is 5.01. The third kappa shape index (κ3) is 5.47. The number of aryl methyl sites for hydroxylation is 2. The van der Waals surface area contributed by atoms with E-state index in [1.807, 2.05) is 4.90 Å². The Hall–Kier alpha value is -2.53. The molecule has 2 aromatic rings. The molecule has 1 aliphatic rings. The SMILES string of the molecule is Cc1ccc(CCC(=O)N2CCN(CC(=O)c3ccc(F)cc3)CC2)cc1. The van der Waals surface area contributed by atoms with E-state index < -0.39 is 0 Å². The van der Waals surface area contributed by atoms with Gasteiger partial charge in [-0.3, -0.25) is 14.5 Å². The molecule has 0 atom stereocenters. The number of hydrogen-bond acceptors (Lipinski definition) is 3. The van der Waals surface area contributed by atoms with Crippen LogP contribution in [0.3, 0.4) is 0 Å². The fourth-order valence-corrected chi connectivity index (χ4v) is 3.25. The molecule has 0 aromatic heterocycles. The molecule has 3 rings (SSSR count). The molecule has 0 unspecified atom stereocenters. The van der Waals surface area contributed by atoms with Crippen LogP contribution in [0.25, 0.3) is 0 Å². The third-order valence-electron chi connectivity index (χ3n) is 5.01. The fourth-order valence-electron chi connectivity index (χ4n) is 3.25. The number of rotatable bonds is 6. The first-order valence-electron chi connectivity index (χ1n) is 9.36. The summed E-state index contributed by atoms with van der Waals surface area (Å²) in [5.74, 6) is -0.196. The summed E-state index contributed by atoms with van der Waals surface area (Å²) in [5, 5.41) is 0. The average Bonchev–Trinajstić information content (AvgIpc) is 2.68. The van der Waals surface area contributed by atoms with Crippen LogP contribution in [0.4, 0.5) is 4.39 Å². The highest BCUT2D eigenvalue weighted by molar-refractivity contribution is 5.97. The fraction of sp³-hybridized carbons (Fsp3) is 0.364. The van der Waals surface area contributed by atoms with E-state index in [4.69, 9.17) is 0 Å². The second kappa shape index (κ2) is 8.91. The molecule has 2 aromatic carbocycles. The molecule has 0 bridgehead atoms. The lowest BCUT2D eigenvalue weighted by Gasteiger charge is -2.34. The maximum atomic E-state index is 13.0. The molecule has 1 heterocycles. The minimum Gasteiger partial charge on any atom is -0.340 e. The summed E-state index contributed by atoms with van der Waals surface area (Å²) in [7, 11) is 0. The van der Waals surface area contributed by atoms with Crippen molar-refractivity contribution in [3.8, 4) is 0 Å². The maximum Gasteiger partial charge on any atom is 0.222 e. The summed E-state index contributed by atoms with van der Waals surface area (Å²) in [4.78, 5) is 28.6. The minimum atomic E-state index is -0.343. The van der Waals surface area contributed by atoms with Gasteiger partial charge in [-0.05, 0) is 43.2 Å². The van der Waals surface area contributed by atoms with Gasteiger partial charge in [0.25, 0.3) is 0 Å². The second-order valence-corrected chi connectivity index (χ2v) is 7.07. The molecule has 0 radical (unpaired) electrons. The average molecular weight is 368 g/mol. The van der Waals surface area contributed by atoms with Crippen LogP contribution in [0.1, 0.15) is 27.9 Å². The lowest BCUT2D eigenvalue weighted by Crippen LogP contribution is -2.49. The molecule has 1 fully saturated rings. The molecular formula is C22H25FN2O2. The van der Waals surface area contributed by atoms with Crippen LogP contribution in [-0.2, 0) is 11.2 Å². The number of carbonyl (C=O) groups excluding carboxylic acids is 2. The second-order valence-electron chi connectivity index (χ2n) is 7.07. The normalized spacial score (nSPS) is 15.0. The van der Waals surface area contributed by atoms with Gasteiger partial charge in [0.15, 0.2) is 5.78 Å². The van der Waals surface area contributed by atoms with Gasteiger partial charge in [-0.1, -0.05) is 29.8 Å². The van der Waals surface area contributed by atoms with E-state index in [1.54, 1.807) is 0 Å². The van der Waals surface area contributed by atoms with E-state index >= 15 is 0 Å². The van der Waals surface area contributed by atoms with Crippen LogP contribution >= 0.6 is 0 Å². The summed E-state index contributed by atoms with van der Waals surface area (Å²) in [6.45, 7) is 5.01. The molecule has 0 aliphatic carbocycles. The summed E-state index contributed by atoms with van der Waals surface area (Å²) >= 11 is 0. The zero-order valence-electron chi connectivity index (χ0n) is 15.7. The van der Waals surface area contributed by atoms with Crippen molar-refractivity contribution in [2.75, 3.05) is 32.7 Å². The first kappa shape index (κ1) is 19.2. The van der Waals surface area contributed by atoms with Gasteiger partial charge in [-0.25, -0.2) is 4.39 Å². The first-order valence-corrected chi connectivity index (χ1v) is 9.36. The first-order chi connectivity index (χ1) is 13.0. The molecule has 0 N–H and O–H groups in total. The van der Waals surface area contributed by atoms with Crippen LogP contribution in [0.5, 0.6) is 0 Å². The Kier molecular flexibility index (Phi) is 6.35. The molecule has 142 valence electrons. The van der Waals surface area contributed by atoms with Crippen molar-refractivity contribution in [2.45, 2.75) is 19.8 Å². The predicted octanol–water partition coefficient (Wildman–Crippen LogP) is 3.09. The molecule has 1 amide bonds. The highest BCUT2D eigenvalue weighted by atomic mass is 19.1. The zero-order chi connectivity index (χ0) is 19.2. The molecular weight excluding hydrogens is 343 g/mol. The summed E-state index contributed by atoms with van der Waals surface area (Å²) < 4.78 is 13.0. The number of Topliss-reactive ketones (excluding diaryl/α,β-unsaturated/α-hetero) is 1. The van der Waals surface area contributed by atoms with E-state index in [1.165, 1.54) is 35.4 Å². The van der Waals surface area contributed by atoms with Gasteiger partial charge in [0.2, 0.25) is 5.91 Å². The predicted molar refractivity (Wildman–Crippen MR) is 103 cm³/mol. The van der Waals surface area contributed by atoms with Gasteiger partial charge in [0.05, 0.1) is 6.54 Å². The molecule has 1 aliphatic heterocycles. The number of piperazine rings is 1. The zero-order valence-corrected chi connectivity index (χ0v) is 15.7. The molecule has 1 saturated heterocycles. The van der Waals surface area contributed by atoms with Crippen molar-refractivity contribution in [3.05, 3.63) is 71.0 Å². The van der Waals surface area contributed by atoms with E-state index in [2.05, 4.69) is 36.1 Å². The van der Waals surface area contributed by atoms with Gasteiger partial charge >= 0.3 is 0 Å². The Morgan fingerprint density at radius 3 is 2.19 bits per heavy atom. The minimum absolute atomic E-state index is 0.0193. The quantitative estimate of drug-likeness (QED) is 0.736. The van der Waals surface area contributed by atoms with Crippen molar-refractivity contribution in [1.82, 2.24) is 9.80 Å². The standard InChI is InChI=1S/C22H25FN2O2/c1-17-2-4-18(5-3-17)6-11-22(27)25-14-12-24(13-15-25)16-21(26)19-7-9-20(23)10-8-19/h2-5,7-10H,6,11-16H2,1H3. The van der Waals surface area contributed by atoms with E-state index in [-0.39, 0.29) is 17.5 Å². The van der Waals surface area contributed by atoms with Crippen LogP contribution in [0.2, 0.25) is 0 Å². The topological polar surface area (TPSA) is 40.6 Å². The Morgan fingerprint density at radius 1 is 0.926 bits per heavy atom. The Labute approximate surface area is 159 Å². The molecule has 5 heteroatoms. The van der Waals surface area contributed by atoms with Crippen molar-refractivity contribution in [3.63, 3.8) is 0 Å². The lowest BCUT2D eigenvalue weighted by molar-refractivity contribution is -0.132. The molecule has 4 nitrogen and oxygen atoms in total. The molecule has 0 spiro atoms. The van der Waals surface area contributed by atoms with Gasteiger partial charge in [0.1, 0.15) is 5.82 Å². The van der Waals surface area contributed by atoms with E-state index in [0.29, 0.717) is 44.7 Å². The largest absolute Gasteiger partial charge is 0.340 e. The Balaban J connectivity index is 1.42. The highest BCUT2D eigenvalue weighted by Gasteiger charge is 2.22. The van der Waals surface area contributed by atoms with Gasteiger partial charge < -0.3 is 4.90 Å². The van der Waals surface area contributed by atoms with Gasteiger partial charge in [0, 0.05) is 38.2 Å². The maximum absolute atomic E-state index is 13.0. The summed E-state index contributed by atoms with van der Waals surface area (Å²) in [6.07, 6.45) is 1.26. The summed E-state index contributed by atoms with van der Waals surface area (Å²) in [6, 6.07) is 13.9. The highest BCUT2D eigenvalue weighted by Crippen LogP contribution is 2.11. The van der Waals surface area contributed by atoms with E-state index in [9.17, 15) is 14.0 Å². The number of halogens is 1. The van der Waals surface area contributed by atoms with Crippen LogP contribution in [-0.4, -0.2) is 54.2 Å².